The van der Waals surface area contributed by atoms with Gasteiger partial charge >= 0.3 is 0 Å². The molecule has 1 aliphatic rings. The van der Waals surface area contributed by atoms with E-state index in [0.717, 1.165) is 11.8 Å². The van der Waals surface area contributed by atoms with E-state index < -0.39 is 0 Å². The predicted octanol–water partition coefficient (Wildman–Crippen LogP) is 8.75. The number of benzene rings is 4. The smallest absolute Gasteiger partial charge is 0.0190 e. The van der Waals surface area contributed by atoms with E-state index in [2.05, 4.69) is 128 Å². The molecule has 40 heavy (non-hydrogen) atoms. The van der Waals surface area contributed by atoms with Gasteiger partial charge in [-0.3, -0.25) is 0 Å². The highest BCUT2D eigenvalue weighted by atomic mass is 31.1. The fourth-order valence-corrected chi connectivity index (χ4v) is 12.9. The van der Waals surface area contributed by atoms with Crippen LogP contribution in [0.4, 0.5) is 0 Å². The first-order valence-electron chi connectivity index (χ1n) is 14.9. The molecule has 4 aromatic rings. The molecular weight excluding hydrogens is 518 g/mol. The van der Waals surface area contributed by atoms with Crippen LogP contribution in [-0.4, -0.2) is 12.3 Å². The molecule has 0 saturated heterocycles. The van der Waals surface area contributed by atoms with Crippen molar-refractivity contribution < 1.29 is 0 Å². The van der Waals surface area contributed by atoms with Crippen LogP contribution in [0, 0.1) is 67.2 Å². The number of aryl methyl sites for hydroxylation is 8. The predicted molar refractivity (Wildman–Crippen MR) is 182 cm³/mol. The largest absolute Gasteiger partial charge is 0.0563 e. The Balaban J connectivity index is 1.48. The third-order valence-electron chi connectivity index (χ3n) is 8.48. The molecule has 1 aliphatic carbocycles. The van der Waals surface area contributed by atoms with Crippen molar-refractivity contribution in [1.29, 1.82) is 0 Å². The van der Waals surface area contributed by atoms with E-state index in [4.69, 9.17) is 0 Å². The van der Waals surface area contributed by atoms with E-state index in [-0.39, 0.29) is 15.8 Å². The Kier molecular flexibility index (Phi) is 9.00. The average molecular weight is 565 g/mol. The molecule has 2 atom stereocenters. The van der Waals surface area contributed by atoms with Crippen LogP contribution in [0.2, 0.25) is 0 Å². The summed E-state index contributed by atoms with van der Waals surface area (Å²) in [5.74, 6) is 1.60. The lowest BCUT2D eigenvalue weighted by molar-refractivity contribution is 0.228. The lowest BCUT2D eigenvalue weighted by Crippen LogP contribution is -2.35. The second-order valence-electron chi connectivity index (χ2n) is 12.7. The van der Waals surface area contributed by atoms with E-state index in [0.29, 0.717) is 0 Å². The van der Waals surface area contributed by atoms with Crippen LogP contribution in [0.15, 0.2) is 72.8 Å². The minimum Gasteiger partial charge on any atom is -0.0563 e. The van der Waals surface area contributed by atoms with Gasteiger partial charge in [0.2, 0.25) is 0 Å². The maximum atomic E-state index is 2.47. The SMILES string of the molecule is Cc1cc(C)cc(P(C[C@@H]2CC[C@H]2CP(c2cc(C)cc(C)c2)c2cc(C)cc(C)c2)c2cc(C)cc(C)c2)c1. The highest BCUT2D eigenvalue weighted by molar-refractivity contribution is 7.73. The molecule has 0 heterocycles. The van der Waals surface area contributed by atoms with Crippen molar-refractivity contribution in [3.8, 4) is 0 Å². The molecule has 4 aromatic carbocycles. The lowest BCUT2D eigenvalue weighted by Gasteiger charge is -2.41. The molecular formula is C38H46P2. The third-order valence-corrected chi connectivity index (χ3v) is 13.7. The van der Waals surface area contributed by atoms with Gasteiger partial charge in [-0.25, -0.2) is 0 Å². The quantitative estimate of drug-likeness (QED) is 0.188. The molecule has 0 aliphatic heterocycles. The molecule has 208 valence electrons. The minimum absolute atomic E-state index is 0.383. The van der Waals surface area contributed by atoms with E-state index in [9.17, 15) is 0 Å². The standard InChI is InChI=1S/C38H46P2/c1-25-11-26(2)16-35(15-25)39(36-17-27(3)12-28(4)18-36)23-33-9-10-34(33)24-40(37-19-29(5)13-30(6)20-37)38-21-31(7)14-32(8)22-38/h11-22,33-34H,9-10,23-24H2,1-8H3/t33-,34-/m0/s1. The summed E-state index contributed by atoms with van der Waals surface area (Å²) in [7, 11) is -0.766. The molecule has 0 nitrogen and oxygen atoms in total. The van der Waals surface area contributed by atoms with Gasteiger partial charge in [0.1, 0.15) is 0 Å². The zero-order chi connectivity index (χ0) is 28.6. The van der Waals surface area contributed by atoms with Gasteiger partial charge in [-0.15, -0.1) is 0 Å². The first-order valence-corrected chi connectivity index (χ1v) is 18.0. The highest BCUT2D eigenvalue weighted by Crippen LogP contribution is 2.50. The van der Waals surface area contributed by atoms with Crippen molar-refractivity contribution in [2.24, 2.45) is 11.8 Å². The van der Waals surface area contributed by atoms with Crippen LogP contribution in [-0.2, 0) is 0 Å². The number of rotatable bonds is 8. The normalized spacial score (nSPS) is 16.9. The molecule has 0 unspecified atom stereocenters. The number of hydrogen-bond acceptors (Lipinski definition) is 0. The summed E-state index contributed by atoms with van der Waals surface area (Å²) in [5, 5.41) is 6.26. The van der Waals surface area contributed by atoms with Gasteiger partial charge in [0.25, 0.3) is 0 Å². The fourth-order valence-electron chi connectivity index (χ4n) is 6.73. The fraction of sp³-hybridized carbons (Fsp3) is 0.368. The monoisotopic (exact) mass is 564 g/mol. The summed E-state index contributed by atoms with van der Waals surface area (Å²) in [5.41, 5.74) is 11.1. The Bertz CT molecular complexity index is 1220. The van der Waals surface area contributed by atoms with Crippen LogP contribution in [0.3, 0.4) is 0 Å². The highest BCUT2D eigenvalue weighted by Gasteiger charge is 2.36. The topological polar surface area (TPSA) is 0 Å². The molecule has 1 saturated carbocycles. The van der Waals surface area contributed by atoms with Crippen molar-refractivity contribution >= 4 is 37.1 Å². The van der Waals surface area contributed by atoms with Crippen LogP contribution >= 0.6 is 15.8 Å². The average Bonchev–Trinajstić information content (AvgIpc) is 2.81. The molecule has 0 aromatic heterocycles. The van der Waals surface area contributed by atoms with Gasteiger partial charge in [-0.2, -0.15) is 0 Å². The summed E-state index contributed by atoms with van der Waals surface area (Å²) in [6.07, 6.45) is 5.38. The summed E-state index contributed by atoms with van der Waals surface area (Å²) in [6.45, 7) is 18.1. The lowest BCUT2D eigenvalue weighted by atomic mass is 9.76. The molecule has 0 spiro atoms. The second kappa shape index (κ2) is 12.3. The van der Waals surface area contributed by atoms with Gasteiger partial charge in [0, 0.05) is 0 Å². The Labute approximate surface area is 246 Å². The summed E-state index contributed by atoms with van der Waals surface area (Å²) in [6, 6.07) is 29.1. The van der Waals surface area contributed by atoms with Gasteiger partial charge in [-0.1, -0.05) is 117 Å². The second-order valence-corrected chi connectivity index (χ2v) is 17.2. The van der Waals surface area contributed by atoms with E-state index in [1.165, 1.54) is 69.7 Å². The first kappa shape index (κ1) is 29.2. The molecule has 0 bridgehead atoms. The van der Waals surface area contributed by atoms with Crippen LogP contribution in [0.5, 0.6) is 0 Å². The third kappa shape index (κ3) is 6.96. The Morgan fingerprint density at radius 2 is 0.575 bits per heavy atom. The summed E-state index contributed by atoms with van der Waals surface area (Å²) < 4.78 is 0. The van der Waals surface area contributed by atoms with E-state index in [1.54, 1.807) is 21.2 Å². The first-order chi connectivity index (χ1) is 19.0. The van der Waals surface area contributed by atoms with Crippen molar-refractivity contribution in [3.05, 3.63) is 117 Å². The molecule has 2 heteroatoms. The Morgan fingerprint density at radius 3 is 0.750 bits per heavy atom. The maximum absolute atomic E-state index is 2.47. The zero-order valence-corrected chi connectivity index (χ0v) is 27.6. The molecule has 0 amide bonds. The van der Waals surface area contributed by atoms with E-state index in [1.807, 2.05) is 0 Å². The minimum atomic E-state index is -0.383. The van der Waals surface area contributed by atoms with Crippen LogP contribution < -0.4 is 21.2 Å². The maximum Gasteiger partial charge on any atom is -0.0190 e. The van der Waals surface area contributed by atoms with Crippen LogP contribution in [0.25, 0.3) is 0 Å². The summed E-state index contributed by atoms with van der Waals surface area (Å²) in [4.78, 5) is 0. The van der Waals surface area contributed by atoms with Crippen LogP contribution in [0.1, 0.15) is 57.3 Å². The molecule has 5 rings (SSSR count). The van der Waals surface area contributed by atoms with Crippen molar-refractivity contribution in [1.82, 2.24) is 0 Å². The van der Waals surface area contributed by atoms with Crippen molar-refractivity contribution in [2.45, 2.75) is 68.2 Å². The van der Waals surface area contributed by atoms with Crippen molar-refractivity contribution in [3.63, 3.8) is 0 Å². The molecule has 0 N–H and O–H groups in total. The zero-order valence-electron chi connectivity index (χ0n) is 25.8. The Morgan fingerprint density at radius 1 is 0.375 bits per heavy atom. The van der Waals surface area contributed by atoms with Gasteiger partial charge in [0.15, 0.2) is 0 Å². The van der Waals surface area contributed by atoms with E-state index >= 15 is 0 Å². The van der Waals surface area contributed by atoms with Crippen molar-refractivity contribution in [2.75, 3.05) is 12.3 Å². The van der Waals surface area contributed by atoms with Gasteiger partial charge < -0.3 is 0 Å². The molecule has 0 radical (unpaired) electrons. The van der Waals surface area contributed by atoms with Gasteiger partial charge in [-0.05, 0) is 129 Å². The molecule has 1 fully saturated rings. The van der Waals surface area contributed by atoms with Gasteiger partial charge in [0.05, 0.1) is 0 Å². The number of hydrogen-bond donors (Lipinski definition) is 0. The summed E-state index contributed by atoms with van der Waals surface area (Å²) >= 11 is 0. The Hall–Kier alpha value is -2.26.